The van der Waals surface area contributed by atoms with Crippen LogP contribution < -0.4 is 15.9 Å². The second kappa shape index (κ2) is 16.4. The van der Waals surface area contributed by atoms with Crippen LogP contribution in [0.5, 0.6) is 0 Å². The molecule has 3 aromatic carbocycles. The van der Waals surface area contributed by atoms with Crippen LogP contribution in [0, 0.1) is 0 Å². The van der Waals surface area contributed by atoms with Crippen LogP contribution in [0.2, 0.25) is 0 Å². The maximum absolute atomic E-state index is 2.27. The molecule has 28 heavy (non-hydrogen) atoms. The van der Waals surface area contributed by atoms with E-state index in [0.29, 0.717) is 0 Å². The van der Waals surface area contributed by atoms with Gasteiger partial charge in [0.1, 0.15) is 0 Å². The molecule has 0 heterocycles. The molecule has 0 saturated carbocycles. The first-order valence-electron chi connectivity index (χ1n) is 9.09. The summed E-state index contributed by atoms with van der Waals surface area (Å²) in [7, 11) is 0.313. The summed E-state index contributed by atoms with van der Waals surface area (Å²) in [6.45, 7) is 13.6. The van der Waals surface area contributed by atoms with Gasteiger partial charge in [-0.15, -0.1) is 0 Å². The monoisotopic (exact) mass is 512 g/mol. The summed E-state index contributed by atoms with van der Waals surface area (Å²) in [4.78, 5) is 0. The van der Waals surface area contributed by atoms with Crippen molar-refractivity contribution >= 4 is 39.7 Å². The molecule has 0 spiro atoms. The molecule has 0 aliphatic carbocycles. The zero-order chi connectivity index (χ0) is 20.1. The fraction of sp³-hybridized carbons (Fsp3) is 0.250. The molecule has 0 amide bonds. The Hall–Kier alpha value is -0.362. The van der Waals surface area contributed by atoms with Gasteiger partial charge < -0.3 is 0 Å². The summed E-state index contributed by atoms with van der Waals surface area (Å²) in [5, 5.41) is 4.44. The Kier molecular flexibility index (Phi) is 16.2. The molecule has 0 unspecified atom stereocenters. The SMILES string of the molecule is CP(C)c1ccccc1.CP(C)c1ccccc1.CP(C)c1ccccc1.[Mo]. The second-order valence-corrected chi connectivity index (χ2v) is 13.6. The zero-order valence-electron chi connectivity index (χ0n) is 17.9. The first kappa shape index (κ1) is 27.6. The van der Waals surface area contributed by atoms with E-state index in [1.165, 1.54) is 15.9 Å². The van der Waals surface area contributed by atoms with Crippen molar-refractivity contribution in [1.82, 2.24) is 0 Å². The molecule has 150 valence electrons. The Morgan fingerprint density at radius 1 is 0.357 bits per heavy atom. The third-order valence-corrected chi connectivity index (χ3v) is 7.81. The van der Waals surface area contributed by atoms with Crippen LogP contribution in [0.3, 0.4) is 0 Å². The first-order valence-corrected chi connectivity index (χ1v) is 15.8. The summed E-state index contributed by atoms with van der Waals surface area (Å²) in [5.74, 6) is 0. The van der Waals surface area contributed by atoms with Gasteiger partial charge in [-0.1, -0.05) is 115 Å². The summed E-state index contributed by atoms with van der Waals surface area (Å²) >= 11 is 0. The maximum Gasteiger partial charge on any atom is 0 e. The van der Waals surface area contributed by atoms with E-state index in [1.54, 1.807) is 0 Å². The number of hydrogen-bond acceptors (Lipinski definition) is 0. The van der Waals surface area contributed by atoms with E-state index in [1.807, 2.05) is 0 Å². The van der Waals surface area contributed by atoms with Crippen molar-refractivity contribution in [3.8, 4) is 0 Å². The summed E-state index contributed by atoms with van der Waals surface area (Å²) in [6.07, 6.45) is 0. The fourth-order valence-corrected chi connectivity index (χ4v) is 4.48. The van der Waals surface area contributed by atoms with Gasteiger partial charge in [-0.3, -0.25) is 0 Å². The van der Waals surface area contributed by atoms with Gasteiger partial charge in [0.15, 0.2) is 0 Å². The molecule has 0 nitrogen and oxygen atoms in total. The number of benzene rings is 3. The summed E-state index contributed by atoms with van der Waals surface area (Å²) < 4.78 is 0. The van der Waals surface area contributed by atoms with Crippen molar-refractivity contribution in [2.45, 2.75) is 0 Å². The largest absolute Gasteiger partial charge is 0.0817 e. The predicted molar refractivity (Wildman–Crippen MR) is 135 cm³/mol. The average Bonchev–Trinajstić information content (AvgIpc) is 2.71. The standard InChI is InChI=1S/3C8H11P.Mo/c3*1-9(2)8-6-4-3-5-7-8;/h3*3-7H,1-2H3;. The quantitative estimate of drug-likeness (QED) is 0.293. The molecule has 0 aliphatic heterocycles. The Morgan fingerprint density at radius 3 is 0.643 bits per heavy atom. The average molecular weight is 510 g/mol. The molecule has 3 rings (SSSR count). The fourth-order valence-electron chi connectivity index (χ4n) is 2.18. The summed E-state index contributed by atoms with van der Waals surface area (Å²) in [5.41, 5.74) is 0. The Balaban J connectivity index is 0.000000384. The van der Waals surface area contributed by atoms with Crippen molar-refractivity contribution in [3.63, 3.8) is 0 Å². The third-order valence-electron chi connectivity index (χ3n) is 3.82. The molecule has 0 bridgehead atoms. The Morgan fingerprint density at radius 2 is 0.536 bits per heavy atom. The molecule has 0 aliphatic rings. The van der Waals surface area contributed by atoms with Crippen LogP contribution in [-0.4, -0.2) is 40.0 Å². The molecule has 0 radical (unpaired) electrons. The van der Waals surface area contributed by atoms with Crippen LogP contribution in [0.25, 0.3) is 0 Å². The maximum atomic E-state index is 2.27. The normalized spacial score (nSPS) is 9.75. The Bertz CT molecular complexity index is 611. The van der Waals surface area contributed by atoms with Crippen molar-refractivity contribution in [1.29, 1.82) is 0 Å². The smallest absolute Gasteiger partial charge is 0 e. The molecular weight excluding hydrogens is 477 g/mol. The van der Waals surface area contributed by atoms with E-state index in [9.17, 15) is 0 Å². The van der Waals surface area contributed by atoms with E-state index in [4.69, 9.17) is 0 Å². The number of rotatable bonds is 3. The molecule has 4 heteroatoms. The summed E-state index contributed by atoms with van der Waals surface area (Å²) in [6, 6.07) is 31.9. The van der Waals surface area contributed by atoms with Gasteiger partial charge in [0.25, 0.3) is 0 Å². The van der Waals surface area contributed by atoms with Crippen LogP contribution in [-0.2, 0) is 21.1 Å². The minimum Gasteiger partial charge on any atom is -0.0817 e. The zero-order valence-corrected chi connectivity index (χ0v) is 22.6. The van der Waals surface area contributed by atoms with Gasteiger partial charge >= 0.3 is 0 Å². The molecule has 0 N–H and O–H groups in total. The number of hydrogen-bond donors (Lipinski definition) is 0. The predicted octanol–water partition coefficient (Wildman–Crippen LogP) is 6.16. The van der Waals surface area contributed by atoms with Gasteiger partial charge in [-0.2, -0.15) is 0 Å². The van der Waals surface area contributed by atoms with Gasteiger partial charge in [-0.05, 0) is 55.9 Å². The van der Waals surface area contributed by atoms with Crippen molar-refractivity contribution < 1.29 is 21.1 Å². The topological polar surface area (TPSA) is 0 Å². The first-order chi connectivity index (χ1) is 12.9. The molecule has 0 saturated heterocycles. The van der Waals surface area contributed by atoms with Gasteiger partial charge in [0.05, 0.1) is 0 Å². The molecule has 0 atom stereocenters. The molecule has 0 fully saturated rings. The van der Waals surface area contributed by atoms with E-state index in [2.05, 4.69) is 131 Å². The van der Waals surface area contributed by atoms with Crippen LogP contribution in [0.15, 0.2) is 91.0 Å². The van der Waals surface area contributed by atoms with Crippen molar-refractivity contribution in [2.24, 2.45) is 0 Å². The molecular formula is C24H33MoP3. The third kappa shape index (κ3) is 12.3. The van der Waals surface area contributed by atoms with Crippen LogP contribution in [0.1, 0.15) is 0 Å². The van der Waals surface area contributed by atoms with Crippen LogP contribution in [0.4, 0.5) is 0 Å². The van der Waals surface area contributed by atoms with Crippen molar-refractivity contribution in [2.75, 3.05) is 40.0 Å². The van der Waals surface area contributed by atoms with E-state index in [0.717, 1.165) is 0 Å². The van der Waals surface area contributed by atoms with Crippen LogP contribution >= 0.6 is 23.8 Å². The van der Waals surface area contributed by atoms with E-state index in [-0.39, 0.29) is 44.8 Å². The van der Waals surface area contributed by atoms with Gasteiger partial charge in [0.2, 0.25) is 0 Å². The second-order valence-electron chi connectivity index (χ2n) is 6.69. The Labute approximate surface area is 191 Å². The van der Waals surface area contributed by atoms with Crippen molar-refractivity contribution in [3.05, 3.63) is 91.0 Å². The van der Waals surface area contributed by atoms with Gasteiger partial charge in [-0.25, -0.2) is 0 Å². The van der Waals surface area contributed by atoms with E-state index >= 15 is 0 Å². The minimum atomic E-state index is 0. The molecule has 3 aromatic rings. The molecule has 0 aromatic heterocycles. The minimum absolute atomic E-state index is 0. The van der Waals surface area contributed by atoms with E-state index < -0.39 is 0 Å². The van der Waals surface area contributed by atoms with Gasteiger partial charge in [0, 0.05) is 21.1 Å².